The molecule has 54 heavy (non-hydrogen) atoms. The highest BCUT2D eigenvalue weighted by molar-refractivity contribution is 5.71. The van der Waals surface area contributed by atoms with Gasteiger partial charge >= 0.3 is 17.9 Å². The number of hydrogen-bond acceptors (Lipinski definition) is 6. The van der Waals surface area contributed by atoms with Crippen LogP contribution in [-0.4, -0.2) is 37.2 Å². The molecule has 304 valence electrons. The Morgan fingerprint density at radius 2 is 0.759 bits per heavy atom. The predicted octanol–water partition coefficient (Wildman–Crippen LogP) is 13.5. The molecule has 0 radical (unpaired) electrons. The van der Waals surface area contributed by atoms with Crippen molar-refractivity contribution in [2.24, 2.45) is 0 Å². The molecule has 0 aliphatic heterocycles. The summed E-state index contributed by atoms with van der Waals surface area (Å²) in [6.45, 7) is 6.16. The first-order chi connectivity index (χ1) is 26.5. The summed E-state index contributed by atoms with van der Waals surface area (Å²) in [5, 5.41) is 0. The fourth-order valence-corrected chi connectivity index (χ4v) is 5.26. The van der Waals surface area contributed by atoms with Crippen molar-refractivity contribution in [3.05, 3.63) is 97.2 Å². The Morgan fingerprint density at radius 1 is 0.389 bits per heavy atom. The van der Waals surface area contributed by atoms with Gasteiger partial charge in [-0.2, -0.15) is 0 Å². The third kappa shape index (κ3) is 39.5. The maximum absolute atomic E-state index is 12.7. The van der Waals surface area contributed by atoms with Crippen molar-refractivity contribution in [2.75, 3.05) is 13.2 Å². The van der Waals surface area contributed by atoms with Crippen molar-refractivity contribution >= 4 is 17.9 Å². The van der Waals surface area contributed by atoms with Gasteiger partial charge in [-0.05, 0) is 96.3 Å². The molecule has 0 rings (SSSR count). The van der Waals surface area contributed by atoms with Crippen LogP contribution in [0.25, 0.3) is 0 Å². The molecule has 0 aliphatic carbocycles. The quantitative estimate of drug-likeness (QED) is 0.0209. The first-order valence-electron chi connectivity index (χ1n) is 21.3. The highest BCUT2D eigenvalue weighted by Crippen LogP contribution is 2.12. The summed E-state index contributed by atoms with van der Waals surface area (Å²) in [7, 11) is 0. The Hall–Kier alpha value is -3.67. The van der Waals surface area contributed by atoms with Crippen LogP contribution in [0.1, 0.15) is 168 Å². The normalized spacial score (nSPS) is 13.0. The Bertz CT molecular complexity index is 1140. The minimum atomic E-state index is -0.808. The first-order valence-corrected chi connectivity index (χ1v) is 21.3. The number of ether oxygens (including phenoxy) is 3. The van der Waals surface area contributed by atoms with Crippen LogP contribution in [-0.2, 0) is 28.6 Å². The Kier molecular flexibility index (Phi) is 39.2. The van der Waals surface area contributed by atoms with Gasteiger partial charge in [0.05, 0.1) is 0 Å². The summed E-state index contributed by atoms with van der Waals surface area (Å²) < 4.78 is 16.6. The van der Waals surface area contributed by atoms with Gasteiger partial charge in [0.2, 0.25) is 0 Å². The van der Waals surface area contributed by atoms with Gasteiger partial charge in [0.25, 0.3) is 0 Å². The van der Waals surface area contributed by atoms with Crippen molar-refractivity contribution in [3.63, 3.8) is 0 Å². The fourth-order valence-electron chi connectivity index (χ4n) is 5.26. The number of rotatable bonds is 36. The molecule has 1 unspecified atom stereocenters. The summed E-state index contributed by atoms with van der Waals surface area (Å²) in [5.41, 5.74) is 0. The Morgan fingerprint density at radius 3 is 1.28 bits per heavy atom. The molecule has 0 aromatic heterocycles. The van der Waals surface area contributed by atoms with E-state index in [1.165, 1.54) is 0 Å². The van der Waals surface area contributed by atoms with E-state index in [2.05, 4.69) is 112 Å². The van der Waals surface area contributed by atoms with Crippen LogP contribution in [0.2, 0.25) is 0 Å². The van der Waals surface area contributed by atoms with Gasteiger partial charge in [0.15, 0.2) is 6.10 Å². The minimum Gasteiger partial charge on any atom is -0.462 e. The number of hydrogen-bond donors (Lipinski definition) is 0. The topological polar surface area (TPSA) is 78.9 Å². The van der Waals surface area contributed by atoms with Crippen LogP contribution in [0.4, 0.5) is 0 Å². The van der Waals surface area contributed by atoms with E-state index in [0.717, 1.165) is 128 Å². The van der Waals surface area contributed by atoms with Crippen molar-refractivity contribution in [1.82, 2.24) is 0 Å². The monoisotopic (exact) mass is 749 g/mol. The lowest BCUT2D eigenvalue weighted by atomic mass is 10.1. The maximum atomic E-state index is 12.7. The number of carbonyl (C=O) groups is 3. The summed E-state index contributed by atoms with van der Waals surface area (Å²) >= 11 is 0. The van der Waals surface area contributed by atoms with E-state index in [1.807, 2.05) is 6.08 Å². The molecule has 0 aromatic rings. The molecule has 0 saturated carbocycles. The zero-order valence-electron chi connectivity index (χ0n) is 34.4. The molecule has 0 bridgehead atoms. The highest BCUT2D eigenvalue weighted by atomic mass is 16.6. The molecule has 6 heteroatoms. The molecule has 0 N–H and O–H groups in total. The largest absolute Gasteiger partial charge is 0.462 e. The SMILES string of the molecule is CC\C=C/C=C\C=C/CCCCCCCC(=O)OC(COC(=O)CCCC/C=C\C/C=C\CC)COC(=O)CCCCCC/C=C\C/C=C\C/C=C\CC. The minimum absolute atomic E-state index is 0.110. The zero-order chi connectivity index (χ0) is 39.4. The molecule has 0 saturated heterocycles. The predicted molar refractivity (Wildman–Crippen MR) is 228 cm³/mol. The maximum Gasteiger partial charge on any atom is 0.306 e. The number of allylic oxidation sites excluding steroid dienone is 16. The van der Waals surface area contributed by atoms with Gasteiger partial charge in [0.1, 0.15) is 13.2 Å². The third-order valence-corrected chi connectivity index (χ3v) is 8.38. The van der Waals surface area contributed by atoms with Gasteiger partial charge in [-0.25, -0.2) is 0 Å². The molecular weight excluding hydrogens is 673 g/mol. The molecule has 1 atom stereocenters. The lowest BCUT2D eigenvalue weighted by Gasteiger charge is -2.18. The van der Waals surface area contributed by atoms with Gasteiger partial charge in [-0.3, -0.25) is 14.4 Å². The van der Waals surface area contributed by atoms with Crippen molar-refractivity contribution < 1.29 is 28.6 Å². The number of carbonyl (C=O) groups excluding carboxylic acids is 3. The Balaban J connectivity index is 4.49. The van der Waals surface area contributed by atoms with E-state index in [4.69, 9.17) is 14.2 Å². The van der Waals surface area contributed by atoms with E-state index >= 15 is 0 Å². The van der Waals surface area contributed by atoms with Crippen LogP contribution < -0.4 is 0 Å². The van der Waals surface area contributed by atoms with Gasteiger partial charge < -0.3 is 14.2 Å². The molecular formula is C48H76O6. The molecule has 0 fully saturated rings. The van der Waals surface area contributed by atoms with Gasteiger partial charge in [0, 0.05) is 19.3 Å². The second kappa shape index (κ2) is 42.1. The molecule has 0 aromatic carbocycles. The summed E-state index contributed by atoms with van der Waals surface area (Å²) in [4.78, 5) is 37.6. The number of unbranched alkanes of at least 4 members (excludes halogenated alkanes) is 11. The van der Waals surface area contributed by atoms with Crippen LogP contribution in [0.5, 0.6) is 0 Å². The second-order valence-corrected chi connectivity index (χ2v) is 13.5. The van der Waals surface area contributed by atoms with Gasteiger partial charge in [-0.15, -0.1) is 0 Å². The van der Waals surface area contributed by atoms with Crippen LogP contribution in [0.15, 0.2) is 97.2 Å². The Labute approximate surface area is 330 Å². The third-order valence-electron chi connectivity index (χ3n) is 8.38. The molecule has 0 heterocycles. The summed E-state index contributed by atoms with van der Waals surface area (Å²) in [6, 6.07) is 0. The zero-order valence-corrected chi connectivity index (χ0v) is 34.4. The van der Waals surface area contributed by atoms with Gasteiger partial charge in [-0.1, -0.05) is 150 Å². The molecule has 0 spiro atoms. The smallest absolute Gasteiger partial charge is 0.306 e. The average molecular weight is 749 g/mol. The fraction of sp³-hybridized carbons (Fsp3) is 0.604. The highest BCUT2D eigenvalue weighted by Gasteiger charge is 2.19. The summed E-state index contributed by atoms with van der Waals surface area (Å²) in [6.07, 6.45) is 54.0. The van der Waals surface area contributed by atoms with E-state index in [-0.39, 0.29) is 31.1 Å². The lowest BCUT2D eigenvalue weighted by Crippen LogP contribution is -2.30. The van der Waals surface area contributed by atoms with Crippen LogP contribution in [0, 0.1) is 0 Å². The standard InChI is InChI=1S/C48H76O6/c1-4-7-10-13-16-19-21-23-25-26-29-32-35-38-41-47(50)53-44-45(43-52-46(49)40-37-34-31-28-18-15-12-9-6-3)54-48(51)42-39-36-33-30-27-24-22-20-17-14-11-8-5-2/h7-12,14,16-20,22-23,25,28,45H,4-6,13,15,21,24,26-27,29-44H2,1-3H3/b10-7-,11-8-,12-9-,17-14-,19-16-,22-20-,25-23-,28-18-. The molecule has 6 nitrogen and oxygen atoms in total. The average Bonchev–Trinajstić information content (AvgIpc) is 3.17. The van der Waals surface area contributed by atoms with Crippen LogP contribution in [0.3, 0.4) is 0 Å². The van der Waals surface area contributed by atoms with E-state index in [9.17, 15) is 14.4 Å². The number of esters is 3. The summed E-state index contributed by atoms with van der Waals surface area (Å²) in [5.74, 6) is -1.00. The van der Waals surface area contributed by atoms with Crippen molar-refractivity contribution in [1.29, 1.82) is 0 Å². The van der Waals surface area contributed by atoms with E-state index in [0.29, 0.717) is 19.3 Å². The van der Waals surface area contributed by atoms with Crippen LogP contribution >= 0.6 is 0 Å². The molecule has 0 aliphatic rings. The first kappa shape index (κ1) is 50.3. The lowest BCUT2D eigenvalue weighted by molar-refractivity contribution is -0.167. The second-order valence-electron chi connectivity index (χ2n) is 13.5. The van der Waals surface area contributed by atoms with E-state index < -0.39 is 6.10 Å². The molecule has 0 amide bonds. The van der Waals surface area contributed by atoms with E-state index in [1.54, 1.807) is 0 Å². The van der Waals surface area contributed by atoms with Crippen molar-refractivity contribution in [2.45, 2.75) is 175 Å². The van der Waals surface area contributed by atoms with Crippen molar-refractivity contribution in [3.8, 4) is 0 Å².